The van der Waals surface area contributed by atoms with Gasteiger partial charge < -0.3 is 15.0 Å². The Bertz CT molecular complexity index is 1060. The summed E-state index contributed by atoms with van der Waals surface area (Å²) >= 11 is 0.183. The van der Waals surface area contributed by atoms with Crippen LogP contribution in [0.3, 0.4) is 0 Å². The van der Waals surface area contributed by atoms with Gasteiger partial charge in [-0.2, -0.15) is 9.19 Å². The van der Waals surface area contributed by atoms with Crippen molar-refractivity contribution in [3.63, 3.8) is 0 Å². The second-order valence-electron chi connectivity index (χ2n) is 9.89. The molecule has 0 spiro atoms. The molecule has 166 valence electrons. The molecule has 1 fully saturated rings. The number of nitrogens with one attached hydrogen (secondary N) is 2. The predicted molar refractivity (Wildman–Crippen MR) is 121 cm³/mol. The number of ether oxygens (including phenoxy) is 1. The molecule has 3 atom stereocenters. The molecule has 2 N–H and O–H groups in total. The fraction of sp³-hybridized carbons (Fsp3) is 0.545. The largest absolute Gasteiger partial charge is 0.444 e. The molecule has 0 radical (unpaired) electrons. The second kappa shape index (κ2) is 7.05. The number of hydrogen-bond donors (Lipinski definition) is 2. The van der Waals surface area contributed by atoms with E-state index in [1.807, 2.05) is 46.9 Å². The molecule has 1 aromatic heterocycles. The highest BCUT2D eigenvalue weighted by Crippen LogP contribution is 2.51. The molecule has 0 saturated heterocycles. The van der Waals surface area contributed by atoms with Crippen LogP contribution in [0.2, 0.25) is 0 Å². The van der Waals surface area contributed by atoms with Gasteiger partial charge in [-0.25, -0.2) is 4.79 Å². The first-order chi connectivity index (χ1) is 14.6. The van der Waals surface area contributed by atoms with Gasteiger partial charge in [0.2, 0.25) is 0 Å². The third-order valence-electron chi connectivity index (χ3n) is 6.38. The number of amides is 1. The Morgan fingerprint density at radius 3 is 2.77 bits per heavy atom. The van der Waals surface area contributed by atoms with E-state index in [0.717, 1.165) is 41.2 Å². The molecule has 1 aliphatic heterocycles. The molecule has 9 heteroatoms. The second-order valence-corrected chi connectivity index (χ2v) is 10.4. The highest BCUT2D eigenvalue weighted by Gasteiger charge is 2.45. The number of carbonyl (C=O) groups is 1. The van der Waals surface area contributed by atoms with E-state index >= 15 is 0 Å². The van der Waals surface area contributed by atoms with E-state index < -0.39 is 11.7 Å². The fourth-order valence-corrected chi connectivity index (χ4v) is 5.37. The van der Waals surface area contributed by atoms with Crippen LogP contribution >= 0.6 is 12.3 Å². The fourth-order valence-electron chi connectivity index (χ4n) is 4.98. The van der Waals surface area contributed by atoms with E-state index in [0.29, 0.717) is 17.5 Å². The van der Waals surface area contributed by atoms with Gasteiger partial charge in [0.1, 0.15) is 17.5 Å². The van der Waals surface area contributed by atoms with E-state index in [-0.39, 0.29) is 18.5 Å². The molecular weight excluding hydrogens is 417 g/mol. The topological polar surface area (TPSA) is 71.4 Å². The Labute approximate surface area is 186 Å². The number of benzene rings is 1. The summed E-state index contributed by atoms with van der Waals surface area (Å²) in [6.07, 6.45) is 2.46. The van der Waals surface area contributed by atoms with Gasteiger partial charge in [-0.3, -0.25) is 5.32 Å². The van der Waals surface area contributed by atoms with Crippen molar-refractivity contribution in [2.45, 2.75) is 58.7 Å². The minimum absolute atomic E-state index is 0.178. The standard InChI is InChI=1S/C22H28FN5O2S/c1-11-6-14(24-21(29)30-22(2,3)4)10-16-19(11)27(5)20(25-16)18-15-8-12-7-13(12)9-17(15)28(26-18)31-23/h6,10,12-13,20,25H,7-9H2,1-5H3,(H,24,29). The van der Waals surface area contributed by atoms with Gasteiger partial charge >= 0.3 is 6.09 Å². The van der Waals surface area contributed by atoms with Gasteiger partial charge in [0.05, 0.1) is 17.1 Å². The summed E-state index contributed by atoms with van der Waals surface area (Å²) < 4.78 is 20.4. The molecule has 2 heterocycles. The number of anilines is 3. The van der Waals surface area contributed by atoms with E-state index in [2.05, 4.69) is 20.6 Å². The summed E-state index contributed by atoms with van der Waals surface area (Å²) in [5.74, 6) is 1.41. The van der Waals surface area contributed by atoms with Crippen molar-refractivity contribution in [1.82, 2.24) is 9.19 Å². The van der Waals surface area contributed by atoms with E-state index in [4.69, 9.17) is 4.74 Å². The maximum Gasteiger partial charge on any atom is 0.412 e. The summed E-state index contributed by atoms with van der Waals surface area (Å²) in [7, 11) is 2.02. The van der Waals surface area contributed by atoms with Crippen LogP contribution in [-0.4, -0.2) is 27.9 Å². The molecular formula is C22H28FN5O2S. The molecule has 1 amide bonds. The lowest BCUT2D eigenvalue weighted by molar-refractivity contribution is 0.0636. The zero-order chi connectivity index (χ0) is 22.1. The molecule has 1 aromatic carbocycles. The third kappa shape index (κ3) is 3.62. The molecule has 7 nitrogen and oxygen atoms in total. The first-order valence-corrected chi connectivity index (χ1v) is 11.4. The Balaban J connectivity index is 1.43. The number of carbonyl (C=O) groups excluding carboxylic acids is 1. The summed E-state index contributed by atoms with van der Waals surface area (Å²) in [6.45, 7) is 7.52. The lowest BCUT2D eigenvalue weighted by atomic mass is 9.95. The van der Waals surface area contributed by atoms with Crippen LogP contribution in [0, 0.1) is 18.8 Å². The minimum atomic E-state index is -0.563. The van der Waals surface area contributed by atoms with Crippen molar-refractivity contribution in [2.24, 2.45) is 11.8 Å². The monoisotopic (exact) mass is 445 g/mol. The third-order valence-corrected chi connectivity index (χ3v) is 6.81. The smallest absolute Gasteiger partial charge is 0.412 e. The SMILES string of the molecule is Cc1cc(NC(=O)OC(C)(C)C)cc2c1N(C)C(c1nn(SF)c3c1CC1CC1C3)N2. The lowest BCUT2D eigenvalue weighted by Crippen LogP contribution is -2.27. The Kier molecular flexibility index (Phi) is 4.66. The lowest BCUT2D eigenvalue weighted by Gasteiger charge is -2.23. The average molecular weight is 446 g/mol. The van der Waals surface area contributed by atoms with Crippen LogP contribution in [0.25, 0.3) is 0 Å². The molecule has 5 rings (SSSR count). The number of fused-ring (bicyclic) bond motifs is 3. The van der Waals surface area contributed by atoms with Gasteiger partial charge in [0.15, 0.2) is 12.3 Å². The number of rotatable bonds is 3. The van der Waals surface area contributed by atoms with Crippen molar-refractivity contribution in [2.75, 3.05) is 22.6 Å². The molecule has 1 saturated carbocycles. The quantitative estimate of drug-likeness (QED) is 0.675. The summed E-state index contributed by atoms with van der Waals surface area (Å²) in [5.41, 5.74) is 6.20. The van der Waals surface area contributed by atoms with Gasteiger partial charge in [0, 0.05) is 18.3 Å². The van der Waals surface area contributed by atoms with Crippen molar-refractivity contribution >= 4 is 35.5 Å². The van der Waals surface area contributed by atoms with Crippen LogP contribution in [-0.2, 0) is 17.6 Å². The number of halogens is 1. The minimum Gasteiger partial charge on any atom is -0.444 e. The van der Waals surface area contributed by atoms with E-state index in [1.54, 1.807) is 0 Å². The van der Waals surface area contributed by atoms with Crippen LogP contribution in [0.5, 0.6) is 0 Å². The van der Waals surface area contributed by atoms with Crippen molar-refractivity contribution in [3.05, 3.63) is 34.6 Å². The normalized spacial score (nSPS) is 23.5. The van der Waals surface area contributed by atoms with Crippen LogP contribution in [0.15, 0.2) is 12.1 Å². The zero-order valence-electron chi connectivity index (χ0n) is 18.5. The van der Waals surface area contributed by atoms with Gasteiger partial charge in [0.25, 0.3) is 0 Å². The first kappa shape index (κ1) is 20.5. The Morgan fingerprint density at radius 2 is 2.06 bits per heavy atom. The van der Waals surface area contributed by atoms with Gasteiger partial charge in [-0.1, -0.05) is 0 Å². The zero-order valence-corrected chi connectivity index (χ0v) is 19.3. The number of aromatic nitrogens is 2. The maximum atomic E-state index is 13.6. The molecule has 31 heavy (non-hydrogen) atoms. The van der Waals surface area contributed by atoms with Crippen LogP contribution in [0.1, 0.15) is 55.9 Å². The molecule has 2 aromatic rings. The molecule has 3 unspecified atom stereocenters. The molecule has 3 aliphatic rings. The predicted octanol–water partition coefficient (Wildman–Crippen LogP) is 5.21. The van der Waals surface area contributed by atoms with Gasteiger partial charge in [-0.05, 0) is 76.5 Å². The van der Waals surface area contributed by atoms with Crippen molar-refractivity contribution in [3.8, 4) is 0 Å². The maximum absolute atomic E-state index is 13.6. The summed E-state index contributed by atoms with van der Waals surface area (Å²) in [5, 5.41) is 11.0. The highest BCUT2D eigenvalue weighted by molar-refractivity contribution is 7.92. The highest BCUT2D eigenvalue weighted by atomic mass is 32.2. The molecule has 2 aliphatic carbocycles. The summed E-state index contributed by atoms with van der Waals surface area (Å²) in [6, 6.07) is 3.84. The Morgan fingerprint density at radius 1 is 1.32 bits per heavy atom. The first-order valence-electron chi connectivity index (χ1n) is 10.7. The van der Waals surface area contributed by atoms with E-state index in [1.165, 1.54) is 16.1 Å². The van der Waals surface area contributed by atoms with Gasteiger partial charge in [-0.15, -0.1) is 3.89 Å². The van der Waals surface area contributed by atoms with E-state index in [9.17, 15) is 8.68 Å². The Hall–Kier alpha value is -2.42. The van der Waals surface area contributed by atoms with Crippen LogP contribution in [0.4, 0.5) is 25.7 Å². The molecule has 0 bridgehead atoms. The summed E-state index contributed by atoms with van der Waals surface area (Å²) in [4.78, 5) is 14.4. The van der Waals surface area contributed by atoms with Crippen molar-refractivity contribution < 1.29 is 13.4 Å². The number of nitrogens with zero attached hydrogens (tertiary/aromatic N) is 3. The average Bonchev–Trinajstić information content (AvgIpc) is 3.22. The number of hydrogen-bond acceptors (Lipinski definition) is 6. The number of aryl methyl sites for hydroxylation is 1. The van der Waals surface area contributed by atoms with Crippen LogP contribution < -0.4 is 15.5 Å². The van der Waals surface area contributed by atoms with Crippen molar-refractivity contribution in [1.29, 1.82) is 0 Å².